The summed E-state index contributed by atoms with van der Waals surface area (Å²) >= 11 is 0. The second-order valence-electron chi connectivity index (χ2n) is 5.44. The van der Waals surface area contributed by atoms with Crippen molar-refractivity contribution in [2.24, 2.45) is 0 Å². The van der Waals surface area contributed by atoms with Gasteiger partial charge in [-0.05, 0) is 12.8 Å². The predicted molar refractivity (Wildman–Crippen MR) is 82.7 cm³/mol. The molecule has 0 N–H and O–H groups in total. The topological polar surface area (TPSA) is 113 Å². The first-order valence-electron chi connectivity index (χ1n) is 7.65. The molecule has 11 heteroatoms. The molecule has 1 rings (SSSR count). The van der Waals surface area contributed by atoms with Gasteiger partial charge in [0.1, 0.15) is 24.4 Å². The third-order valence-corrected chi connectivity index (χ3v) is 4.59. The van der Waals surface area contributed by atoms with Crippen molar-refractivity contribution in [1.82, 2.24) is 0 Å². The van der Waals surface area contributed by atoms with Crippen molar-refractivity contribution in [2.45, 2.75) is 43.5 Å². The van der Waals surface area contributed by atoms with Crippen molar-refractivity contribution in [3.8, 4) is 0 Å². The molecule has 1 heterocycles. The molecule has 1 unspecified atom stereocenters. The molecule has 144 valence electrons. The van der Waals surface area contributed by atoms with Gasteiger partial charge in [-0.15, -0.1) is 0 Å². The van der Waals surface area contributed by atoms with Crippen LogP contribution in [-0.4, -0.2) is 91.1 Å². The van der Waals surface area contributed by atoms with Crippen LogP contribution in [0.2, 0.25) is 0 Å². The Balaban J connectivity index is 0.00000576. The molecule has 0 radical (unpaired) electrons. The maximum atomic E-state index is 10.6. The van der Waals surface area contributed by atoms with E-state index in [1.807, 2.05) is 0 Å². The number of rotatable bonds is 11. The molecule has 0 amide bonds. The van der Waals surface area contributed by atoms with Gasteiger partial charge in [0.2, 0.25) is 0 Å². The largest absolute Gasteiger partial charge is 1.00 e. The third-order valence-electron chi connectivity index (χ3n) is 3.80. The van der Waals surface area contributed by atoms with E-state index >= 15 is 0 Å². The summed E-state index contributed by atoms with van der Waals surface area (Å²) < 4.78 is 64.8. The van der Waals surface area contributed by atoms with Gasteiger partial charge in [0.05, 0.1) is 16.7 Å². The van der Waals surface area contributed by atoms with Crippen LogP contribution in [0.3, 0.4) is 0 Å². The molecule has 1 saturated heterocycles. The molecule has 1 fully saturated rings. The van der Waals surface area contributed by atoms with E-state index in [0.717, 1.165) is 0 Å². The van der Waals surface area contributed by atoms with E-state index in [2.05, 4.69) is 0 Å². The van der Waals surface area contributed by atoms with Gasteiger partial charge in [-0.3, -0.25) is 0 Å². The summed E-state index contributed by atoms with van der Waals surface area (Å²) in [7, 11) is 1.91. The van der Waals surface area contributed by atoms with Crippen LogP contribution >= 0.6 is 0 Å². The van der Waals surface area contributed by atoms with Gasteiger partial charge in [0.15, 0.2) is 6.29 Å². The number of methoxy groups -OCH3 is 4. The molecule has 0 aromatic carbocycles. The summed E-state index contributed by atoms with van der Waals surface area (Å²) in [6.45, 7) is 0.555. The van der Waals surface area contributed by atoms with Crippen LogP contribution < -0.4 is 29.6 Å². The van der Waals surface area contributed by atoms with E-state index < -0.39 is 46.6 Å². The van der Waals surface area contributed by atoms with Crippen LogP contribution in [0.25, 0.3) is 0 Å². The molecule has 0 spiro atoms. The van der Waals surface area contributed by atoms with E-state index in [0.29, 0.717) is 13.0 Å². The standard InChI is InChI=1S/C14H28O9S.Na/c1-18-9-10-11(19-2)12(13(20-3)14(21-4)23-10)22-7-5-6-8-24(15,16)17;/h10-14H,5-9H2,1-4H3,(H,15,16,17);/q;+1/p-1/t10-,11-,12+,13-,14?;/m1./s1. The Hall–Kier alpha value is 0.670. The average Bonchev–Trinajstić information content (AvgIpc) is 2.53. The number of unbranched alkanes of at least 4 members (excludes halogenated alkanes) is 1. The molecule has 0 bridgehead atoms. The zero-order chi connectivity index (χ0) is 18.2. The summed E-state index contributed by atoms with van der Waals surface area (Å²) in [4.78, 5) is 0. The fraction of sp³-hybridized carbons (Fsp3) is 1.00. The van der Waals surface area contributed by atoms with Crippen molar-refractivity contribution in [3.05, 3.63) is 0 Å². The Morgan fingerprint density at radius 1 is 0.960 bits per heavy atom. The summed E-state index contributed by atoms with van der Waals surface area (Å²) in [5.41, 5.74) is 0. The van der Waals surface area contributed by atoms with Gasteiger partial charge in [-0.2, -0.15) is 0 Å². The van der Waals surface area contributed by atoms with Gasteiger partial charge in [-0.1, -0.05) is 0 Å². The van der Waals surface area contributed by atoms with Crippen molar-refractivity contribution in [3.63, 3.8) is 0 Å². The van der Waals surface area contributed by atoms with Crippen LogP contribution in [0, 0.1) is 0 Å². The summed E-state index contributed by atoms with van der Waals surface area (Å²) in [6, 6.07) is 0. The van der Waals surface area contributed by atoms with Crippen LogP contribution in [0.1, 0.15) is 12.8 Å². The molecule has 1 aliphatic heterocycles. The van der Waals surface area contributed by atoms with Crippen LogP contribution in [0.4, 0.5) is 0 Å². The zero-order valence-corrected chi connectivity index (χ0v) is 18.3. The van der Waals surface area contributed by atoms with E-state index in [1.54, 1.807) is 7.11 Å². The van der Waals surface area contributed by atoms with E-state index in [-0.39, 0.29) is 42.6 Å². The van der Waals surface area contributed by atoms with Gasteiger partial charge in [0.25, 0.3) is 0 Å². The summed E-state index contributed by atoms with van der Waals surface area (Å²) in [5, 5.41) is 0. The fourth-order valence-electron chi connectivity index (χ4n) is 2.69. The molecular weight excluding hydrogens is 367 g/mol. The summed E-state index contributed by atoms with van der Waals surface area (Å²) in [6.07, 6.45) is -1.82. The maximum Gasteiger partial charge on any atom is 1.00 e. The Morgan fingerprint density at radius 2 is 1.60 bits per heavy atom. The van der Waals surface area contributed by atoms with E-state index in [9.17, 15) is 13.0 Å². The smallest absolute Gasteiger partial charge is 0.748 e. The van der Waals surface area contributed by atoms with Gasteiger partial charge >= 0.3 is 29.6 Å². The average molecular weight is 394 g/mol. The number of hydrogen-bond donors (Lipinski definition) is 0. The van der Waals surface area contributed by atoms with Crippen LogP contribution in [0.5, 0.6) is 0 Å². The third kappa shape index (κ3) is 8.48. The normalized spacial score (nSPS) is 30.0. The Labute approximate surface area is 171 Å². The minimum absolute atomic E-state index is 0. The molecule has 0 aromatic heterocycles. The van der Waals surface area contributed by atoms with Gasteiger partial charge < -0.3 is 33.0 Å². The first kappa shape index (κ1) is 25.7. The minimum Gasteiger partial charge on any atom is -0.748 e. The van der Waals surface area contributed by atoms with Crippen LogP contribution in [-0.2, 0) is 38.5 Å². The molecule has 0 saturated carbocycles. The molecule has 5 atom stereocenters. The first-order valence-corrected chi connectivity index (χ1v) is 9.23. The van der Waals surface area contributed by atoms with Gasteiger partial charge in [0, 0.05) is 40.8 Å². The van der Waals surface area contributed by atoms with Crippen LogP contribution in [0.15, 0.2) is 0 Å². The van der Waals surface area contributed by atoms with E-state index in [4.69, 9.17) is 28.4 Å². The molecule has 25 heavy (non-hydrogen) atoms. The molecule has 0 aromatic rings. The van der Waals surface area contributed by atoms with Crippen molar-refractivity contribution in [2.75, 3.05) is 47.4 Å². The van der Waals surface area contributed by atoms with Gasteiger partial charge in [-0.25, -0.2) is 8.42 Å². The first-order chi connectivity index (χ1) is 11.4. The molecular formula is C14H27NaO9S. The van der Waals surface area contributed by atoms with Crippen molar-refractivity contribution >= 4 is 10.1 Å². The molecule has 0 aliphatic carbocycles. The SMILES string of the molecule is COC[C@H]1OC(OC)[C@H](OC)[C@@H](OCCCCS(=O)(=O)[O-])[C@@H]1OC.[Na+]. The number of ether oxygens (including phenoxy) is 6. The monoisotopic (exact) mass is 394 g/mol. The quantitative estimate of drug-likeness (QED) is 0.203. The van der Waals surface area contributed by atoms with Crippen molar-refractivity contribution in [1.29, 1.82) is 0 Å². The maximum absolute atomic E-state index is 10.6. The number of hydrogen-bond acceptors (Lipinski definition) is 9. The van der Waals surface area contributed by atoms with Crippen molar-refractivity contribution < 1.29 is 70.9 Å². The predicted octanol–water partition coefficient (Wildman–Crippen LogP) is -3.25. The Bertz CT molecular complexity index is 448. The molecule has 1 aliphatic rings. The Morgan fingerprint density at radius 3 is 2.08 bits per heavy atom. The second kappa shape index (κ2) is 12.9. The molecule has 9 nitrogen and oxygen atoms in total. The second-order valence-corrected chi connectivity index (χ2v) is 6.96. The fourth-order valence-corrected chi connectivity index (χ4v) is 3.25. The summed E-state index contributed by atoms with van der Waals surface area (Å²) in [5.74, 6) is -0.404. The zero-order valence-electron chi connectivity index (χ0n) is 15.5. The Kier molecular flexibility index (Phi) is 13.3. The van der Waals surface area contributed by atoms with E-state index in [1.165, 1.54) is 21.3 Å². The minimum atomic E-state index is -4.20.